The van der Waals surface area contributed by atoms with Crippen LogP contribution in [0.4, 0.5) is 0 Å². The summed E-state index contributed by atoms with van der Waals surface area (Å²) >= 11 is 0. The molecule has 0 N–H and O–H groups in total. The van der Waals surface area contributed by atoms with Crippen LogP contribution in [0.3, 0.4) is 0 Å². The van der Waals surface area contributed by atoms with E-state index in [0.29, 0.717) is 0 Å². The van der Waals surface area contributed by atoms with Gasteiger partial charge in [0.15, 0.2) is 5.82 Å². The smallest absolute Gasteiger partial charge is 0.160 e. The summed E-state index contributed by atoms with van der Waals surface area (Å²) in [4.78, 5) is 10.0. The summed E-state index contributed by atoms with van der Waals surface area (Å²) in [6.45, 7) is 6.56. The maximum Gasteiger partial charge on any atom is 0.160 e. The van der Waals surface area contributed by atoms with Crippen LogP contribution in [0.5, 0.6) is 0 Å². The number of rotatable bonds is 7. The minimum Gasteiger partial charge on any atom is -0.309 e. The number of fused-ring (bicyclic) bond motifs is 6. The first-order valence-electron chi connectivity index (χ1n) is 22.3. The molecule has 9 aromatic carbocycles. The van der Waals surface area contributed by atoms with Crippen molar-refractivity contribution in [3.8, 4) is 67.5 Å². The van der Waals surface area contributed by atoms with Crippen molar-refractivity contribution in [3.05, 3.63) is 229 Å². The van der Waals surface area contributed by atoms with Crippen molar-refractivity contribution < 1.29 is 0 Å². The maximum atomic E-state index is 5.04. The summed E-state index contributed by atoms with van der Waals surface area (Å²) in [6.07, 6.45) is 0. The van der Waals surface area contributed by atoms with Gasteiger partial charge in [0.2, 0.25) is 0 Å². The van der Waals surface area contributed by atoms with E-state index in [9.17, 15) is 0 Å². The molecule has 0 saturated carbocycles. The molecule has 0 bridgehead atoms. The first-order chi connectivity index (χ1) is 31.9. The molecule has 65 heavy (non-hydrogen) atoms. The number of para-hydroxylation sites is 1. The normalized spacial score (nSPS) is 11.6. The monoisotopic (exact) mass is 832 g/mol. The molecule has 4 heteroatoms. The average Bonchev–Trinajstić information content (AvgIpc) is 3.86. The molecule has 3 heterocycles. The predicted octanol–water partition coefficient (Wildman–Crippen LogP) is 15.9. The second-order valence-corrected chi connectivity index (χ2v) is 17.3. The molecule has 4 nitrogen and oxygen atoms in total. The van der Waals surface area contributed by atoms with E-state index in [2.05, 4.69) is 206 Å². The van der Waals surface area contributed by atoms with Crippen LogP contribution in [0.25, 0.3) is 111 Å². The van der Waals surface area contributed by atoms with Crippen molar-refractivity contribution in [1.29, 1.82) is 0 Å². The molecule has 12 aromatic rings. The fraction of sp³-hybridized carbons (Fsp3) is 0.0492. The molecule has 12 rings (SSSR count). The number of benzene rings is 9. The van der Waals surface area contributed by atoms with Crippen LogP contribution in [0.2, 0.25) is 0 Å². The number of aryl methyl sites for hydroxylation is 3. The van der Waals surface area contributed by atoms with Gasteiger partial charge < -0.3 is 9.13 Å². The van der Waals surface area contributed by atoms with Gasteiger partial charge in [0, 0.05) is 49.6 Å². The molecular weight excluding hydrogens is 789 g/mol. The Bertz CT molecular complexity index is 3650. The van der Waals surface area contributed by atoms with Crippen molar-refractivity contribution in [2.75, 3.05) is 0 Å². The van der Waals surface area contributed by atoms with E-state index in [4.69, 9.17) is 9.97 Å². The molecule has 0 atom stereocenters. The molecule has 308 valence electrons. The molecular formula is C61H44N4. The lowest BCUT2D eigenvalue weighted by Gasteiger charge is -2.13. The molecule has 0 aliphatic carbocycles. The topological polar surface area (TPSA) is 35.6 Å². The number of hydrogen-bond donors (Lipinski definition) is 0. The number of nitrogens with zero attached hydrogens (tertiary/aromatic N) is 4. The Hall–Kier alpha value is -8.34. The molecule has 0 aliphatic rings. The Morgan fingerprint density at radius 3 is 1.43 bits per heavy atom. The van der Waals surface area contributed by atoms with Gasteiger partial charge in [0.1, 0.15) is 0 Å². The largest absolute Gasteiger partial charge is 0.309 e. The summed E-state index contributed by atoms with van der Waals surface area (Å²) in [5.41, 5.74) is 20.6. The molecule has 0 unspecified atom stereocenters. The molecule has 3 aromatic heterocycles. The fourth-order valence-electron chi connectivity index (χ4n) is 9.77. The zero-order valence-corrected chi connectivity index (χ0v) is 36.5. The highest BCUT2D eigenvalue weighted by Gasteiger charge is 2.18. The van der Waals surface area contributed by atoms with Crippen LogP contribution in [0, 0.1) is 20.8 Å². The van der Waals surface area contributed by atoms with Crippen LogP contribution >= 0.6 is 0 Å². The van der Waals surface area contributed by atoms with Crippen molar-refractivity contribution in [2.24, 2.45) is 0 Å². The standard InChI is InChI=1S/C61H44N4/c1-39-18-31-58-52(34-39)53-35-40(2)19-32-59(53)65(58)49-29-33-60-54(37-49)51-16-10-11-17-57(51)64(60)48-27-24-42(25-28-48)47-26-30-50(41(3)36-47)43-20-22-45(23-21-43)56-38-55(44-12-6-4-7-13-44)62-61(63-56)46-14-8-5-9-15-46/h4-38H,1-3H3. The highest BCUT2D eigenvalue weighted by molar-refractivity contribution is 6.12. The second kappa shape index (κ2) is 15.5. The van der Waals surface area contributed by atoms with Gasteiger partial charge in [-0.15, -0.1) is 0 Å². The third kappa shape index (κ3) is 6.70. The molecule has 0 fully saturated rings. The Labute approximate surface area is 378 Å². The number of aromatic nitrogens is 4. The van der Waals surface area contributed by atoms with Gasteiger partial charge in [-0.3, -0.25) is 0 Å². The van der Waals surface area contributed by atoms with Gasteiger partial charge in [-0.1, -0.05) is 157 Å². The first-order valence-corrected chi connectivity index (χ1v) is 22.3. The third-order valence-corrected chi connectivity index (χ3v) is 13.0. The van der Waals surface area contributed by atoms with Gasteiger partial charge in [0.25, 0.3) is 0 Å². The Morgan fingerprint density at radius 1 is 0.308 bits per heavy atom. The summed E-state index contributed by atoms with van der Waals surface area (Å²) in [5.74, 6) is 0.718. The molecule has 0 aliphatic heterocycles. The van der Waals surface area contributed by atoms with Crippen molar-refractivity contribution >= 4 is 43.6 Å². The fourth-order valence-corrected chi connectivity index (χ4v) is 9.77. The van der Waals surface area contributed by atoms with E-state index in [1.165, 1.54) is 88.2 Å². The van der Waals surface area contributed by atoms with Crippen LogP contribution in [0.15, 0.2) is 212 Å². The summed E-state index contributed by atoms with van der Waals surface area (Å²) in [7, 11) is 0. The van der Waals surface area contributed by atoms with E-state index in [1.807, 2.05) is 36.4 Å². The van der Waals surface area contributed by atoms with Crippen molar-refractivity contribution in [2.45, 2.75) is 20.8 Å². The highest BCUT2D eigenvalue weighted by Crippen LogP contribution is 2.39. The van der Waals surface area contributed by atoms with Gasteiger partial charge >= 0.3 is 0 Å². The first kappa shape index (κ1) is 38.3. The molecule has 0 amide bonds. The van der Waals surface area contributed by atoms with E-state index in [0.717, 1.165) is 39.6 Å². The van der Waals surface area contributed by atoms with Crippen LogP contribution < -0.4 is 0 Å². The molecule has 0 spiro atoms. The Kier molecular flexibility index (Phi) is 9.13. The summed E-state index contributed by atoms with van der Waals surface area (Å²) in [5, 5.41) is 5.06. The van der Waals surface area contributed by atoms with E-state index < -0.39 is 0 Å². The van der Waals surface area contributed by atoms with Crippen molar-refractivity contribution in [3.63, 3.8) is 0 Å². The zero-order chi connectivity index (χ0) is 43.6. The average molecular weight is 833 g/mol. The quantitative estimate of drug-likeness (QED) is 0.160. The van der Waals surface area contributed by atoms with Gasteiger partial charge in [-0.25, -0.2) is 9.97 Å². The third-order valence-electron chi connectivity index (χ3n) is 13.0. The summed E-state index contributed by atoms with van der Waals surface area (Å²) < 4.78 is 4.83. The lowest BCUT2D eigenvalue weighted by atomic mass is 9.94. The highest BCUT2D eigenvalue weighted by atomic mass is 15.0. The second-order valence-electron chi connectivity index (χ2n) is 17.3. The molecule has 0 saturated heterocycles. The maximum absolute atomic E-state index is 5.04. The minimum absolute atomic E-state index is 0.718. The van der Waals surface area contributed by atoms with Crippen LogP contribution in [0.1, 0.15) is 16.7 Å². The predicted molar refractivity (Wildman–Crippen MR) is 272 cm³/mol. The van der Waals surface area contributed by atoms with Gasteiger partial charge in [0.05, 0.1) is 33.5 Å². The van der Waals surface area contributed by atoms with E-state index >= 15 is 0 Å². The van der Waals surface area contributed by atoms with Gasteiger partial charge in [-0.2, -0.15) is 0 Å². The zero-order valence-electron chi connectivity index (χ0n) is 36.5. The van der Waals surface area contributed by atoms with E-state index in [1.54, 1.807) is 0 Å². The molecule has 0 radical (unpaired) electrons. The Morgan fingerprint density at radius 2 is 0.785 bits per heavy atom. The SMILES string of the molecule is Cc1ccc2c(c1)c1cc(C)ccc1n2-c1ccc2c(c1)c1ccccc1n2-c1ccc(-c2ccc(-c3ccc(-c4cc(-c5ccccc5)nc(-c5ccccc5)n4)cc3)c(C)c2)cc1. The van der Waals surface area contributed by atoms with Crippen LogP contribution in [-0.4, -0.2) is 19.1 Å². The summed E-state index contributed by atoms with van der Waals surface area (Å²) in [6, 6.07) is 76.6. The van der Waals surface area contributed by atoms with E-state index in [-0.39, 0.29) is 0 Å². The van der Waals surface area contributed by atoms with Gasteiger partial charge in [-0.05, 0) is 115 Å². The minimum atomic E-state index is 0.718. The number of hydrogen-bond acceptors (Lipinski definition) is 2. The lowest BCUT2D eigenvalue weighted by Crippen LogP contribution is -1.96. The lowest BCUT2D eigenvalue weighted by molar-refractivity contribution is 1.16. The van der Waals surface area contributed by atoms with Crippen LogP contribution in [-0.2, 0) is 0 Å². The Balaban J connectivity index is 0.853. The van der Waals surface area contributed by atoms with Crippen molar-refractivity contribution in [1.82, 2.24) is 19.1 Å².